The number of hydrogen-bond donors (Lipinski definition) is 1. The average molecular weight is 260 g/mol. The van der Waals surface area contributed by atoms with Crippen LogP contribution in [0, 0.1) is 6.92 Å². The molecule has 0 aliphatic heterocycles. The number of aryl methyl sites for hydroxylation is 1. The van der Waals surface area contributed by atoms with Gasteiger partial charge in [-0.1, -0.05) is 22.9 Å². The molecule has 0 aliphatic rings. The van der Waals surface area contributed by atoms with E-state index in [-0.39, 0.29) is 0 Å². The largest absolute Gasteiger partial charge is 0.334 e. The molecule has 102 valence electrons. The SMILES string of the molecule is Cc1cccc(-c2nc(CN(C)CCCN)no2)c1. The van der Waals surface area contributed by atoms with Crippen LogP contribution in [0.1, 0.15) is 17.8 Å². The van der Waals surface area contributed by atoms with Crippen LogP contribution in [0.3, 0.4) is 0 Å². The summed E-state index contributed by atoms with van der Waals surface area (Å²) < 4.78 is 5.30. The Bertz CT molecular complexity index is 524. The molecule has 1 heterocycles. The van der Waals surface area contributed by atoms with Crippen molar-refractivity contribution < 1.29 is 4.52 Å². The second-order valence-corrected chi connectivity index (χ2v) is 4.77. The normalized spacial score (nSPS) is 11.2. The number of nitrogens with two attached hydrogens (primary N) is 1. The lowest BCUT2D eigenvalue weighted by atomic mass is 10.1. The smallest absolute Gasteiger partial charge is 0.257 e. The van der Waals surface area contributed by atoms with Crippen molar-refractivity contribution in [2.24, 2.45) is 5.73 Å². The van der Waals surface area contributed by atoms with E-state index in [1.54, 1.807) is 0 Å². The summed E-state index contributed by atoms with van der Waals surface area (Å²) in [5.74, 6) is 1.28. The van der Waals surface area contributed by atoms with Crippen LogP contribution in [0.4, 0.5) is 0 Å². The Morgan fingerprint density at radius 3 is 2.95 bits per heavy atom. The molecule has 2 rings (SSSR count). The van der Waals surface area contributed by atoms with Crippen LogP contribution in [-0.2, 0) is 6.54 Å². The van der Waals surface area contributed by atoms with Crippen molar-refractivity contribution in [1.82, 2.24) is 15.0 Å². The number of benzene rings is 1. The molecule has 5 heteroatoms. The first-order valence-electron chi connectivity index (χ1n) is 6.47. The summed E-state index contributed by atoms with van der Waals surface area (Å²) in [5.41, 5.74) is 7.63. The number of rotatable bonds is 6. The Morgan fingerprint density at radius 1 is 1.37 bits per heavy atom. The van der Waals surface area contributed by atoms with Gasteiger partial charge in [0.15, 0.2) is 5.82 Å². The van der Waals surface area contributed by atoms with Crippen LogP contribution in [0.15, 0.2) is 28.8 Å². The molecule has 0 aliphatic carbocycles. The van der Waals surface area contributed by atoms with Gasteiger partial charge >= 0.3 is 0 Å². The van der Waals surface area contributed by atoms with E-state index in [4.69, 9.17) is 10.3 Å². The van der Waals surface area contributed by atoms with Crippen molar-refractivity contribution in [1.29, 1.82) is 0 Å². The molecule has 0 bridgehead atoms. The molecule has 0 saturated carbocycles. The highest BCUT2D eigenvalue weighted by Crippen LogP contribution is 2.18. The Hall–Kier alpha value is -1.72. The molecule has 0 unspecified atom stereocenters. The second kappa shape index (κ2) is 6.45. The van der Waals surface area contributed by atoms with Gasteiger partial charge in [-0.3, -0.25) is 4.90 Å². The molecule has 0 atom stereocenters. The lowest BCUT2D eigenvalue weighted by Crippen LogP contribution is -2.21. The quantitative estimate of drug-likeness (QED) is 0.858. The summed E-state index contributed by atoms with van der Waals surface area (Å²) >= 11 is 0. The molecule has 0 fully saturated rings. The fourth-order valence-corrected chi connectivity index (χ4v) is 1.90. The maximum Gasteiger partial charge on any atom is 0.257 e. The van der Waals surface area contributed by atoms with Gasteiger partial charge in [0.1, 0.15) is 0 Å². The van der Waals surface area contributed by atoms with Gasteiger partial charge < -0.3 is 10.3 Å². The van der Waals surface area contributed by atoms with Crippen LogP contribution >= 0.6 is 0 Å². The molecule has 0 saturated heterocycles. The maximum atomic E-state index is 5.49. The fraction of sp³-hybridized carbons (Fsp3) is 0.429. The van der Waals surface area contributed by atoms with Crippen LogP contribution in [0.5, 0.6) is 0 Å². The van der Waals surface area contributed by atoms with Crippen molar-refractivity contribution in [2.75, 3.05) is 20.1 Å². The predicted octanol–water partition coefficient (Wildman–Crippen LogP) is 1.83. The van der Waals surface area contributed by atoms with E-state index in [0.717, 1.165) is 18.5 Å². The van der Waals surface area contributed by atoms with Crippen LogP contribution in [-0.4, -0.2) is 35.2 Å². The molecule has 0 radical (unpaired) electrons. The van der Waals surface area contributed by atoms with Gasteiger partial charge in [0.05, 0.1) is 6.54 Å². The molecule has 1 aromatic carbocycles. The van der Waals surface area contributed by atoms with Gasteiger partial charge in [-0.2, -0.15) is 4.98 Å². The van der Waals surface area contributed by atoms with Crippen LogP contribution in [0.25, 0.3) is 11.5 Å². The van der Waals surface area contributed by atoms with Crippen LogP contribution < -0.4 is 5.73 Å². The molecule has 0 amide bonds. The molecule has 0 spiro atoms. The standard InChI is InChI=1S/C14H20N4O/c1-11-5-3-6-12(9-11)14-16-13(17-19-14)10-18(2)8-4-7-15/h3,5-6,9H,4,7-8,10,15H2,1-2H3. The summed E-state index contributed by atoms with van der Waals surface area (Å²) in [6.07, 6.45) is 0.971. The van der Waals surface area contributed by atoms with Crippen molar-refractivity contribution in [3.05, 3.63) is 35.7 Å². The number of aromatic nitrogens is 2. The predicted molar refractivity (Wildman–Crippen MR) is 74.5 cm³/mol. The van der Waals surface area contributed by atoms with E-state index in [1.165, 1.54) is 5.56 Å². The molecular weight excluding hydrogens is 240 g/mol. The summed E-state index contributed by atoms with van der Waals surface area (Å²) in [4.78, 5) is 6.56. The minimum absolute atomic E-state index is 0.575. The summed E-state index contributed by atoms with van der Waals surface area (Å²) in [6.45, 7) is 4.35. The van der Waals surface area contributed by atoms with Gasteiger partial charge in [-0.15, -0.1) is 0 Å². The Balaban J connectivity index is 2.03. The van der Waals surface area contributed by atoms with E-state index in [0.29, 0.717) is 24.8 Å². The highest BCUT2D eigenvalue weighted by atomic mass is 16.5. The minimum atomic E-state index is 0.575. The second-order valence-electron chi connectivity index (χ2n) is 4.77. The first-order chi connectivity index (χ1) is 9.19. The summed E-state index contributed by atoms with van der Waals surface area (Å²) in [5, 5.41) is 4.01. The van der Waals surface area contributed by atoms with E-state index in [1.807, 2.05) is 38.2 Å². The van der Waals surface area contributed by atoms with Gasteiger partial charge in [0.2, 0.25) is 0 Å². The third-order valence-electron chi connectivity index (χ3n) is 2.89. The minimum Gasteiger partial charge on any atom is -0.334 e. The average Bonchev–Trinajstić information content (AvgIpc) is 2.85. The van der Waals surface area contributed by atoms with Gasteiger partial charge in [0.25, 0.3) is 5.89 Å². The third-order valence-corrected chi connectivity index (χ3v) is 2.89. The van der Waals surface area contributed by atoms with Crippen molar-refractivity contribution >= 4 is 0 Å². The van der Waals surface area contributed by atoms with Crippen molar-refractivity contribution in [2.45, 2.75) is 19.9 Å². The zero-order valence-electron chi connectivity index (χ0n) is 11.5. The molecular formula is C14H20N4O. The van der Waals surface area contributed by atoms with Crippen molar-refractivity contribution in [3.63, 3.8) is 0 Å². The third kappa shape index (κ3) is 3.87. The molecule has 19 heavy (non-hydrogen) atoms. The van der Waals surface area contributed by atoms with E-state index >= 15 is 0 Å². The van der Waals surface area contributed by atoms with Gasteiger partial charge in [-0.05, 0) is 45.6 Å². The lowest BCUT2D eigenvalue weighted by molar-refractivity contribution is 0.307. The Labute approximate surface area is 113 Å². The first kappa shape index (κ1) is 13.7. The Kier molecular flexibility index (Phi) is 4.65. The molecule has 5 nitrogen and oxygen atoms in total. The first-order valence-corrected chi connectivity index (χ1v) is 6.47. The van der Waals surface area contributed by atoms with Gasteiger partial charge in [-0.25, -0.2) is 0 Å². The summed E-state index contributed by atoms with van der Waals surface area (Å²) in [6, 6.07) is 8.04. The monoisotopic (exact) mass is 260 g/mol. The molecule has 2 aromatic rings. The van der Waals surface area contributed by atoms with E-state index in [2.05, 4.69) is 15.0 Å². The highest BCUT2D eigenvalue weighted by molar-refractivity contribution is 5.53. The topological polar surface area (TPSA) is 68.2 Å². The highest BCUT2D eigenvalue weighted by Gasteiger charge is 2.10. The van der Waals surface area contributed by atoms with Crippen molar-refractivity contribution in [3.8, 4) is 11.5 Å². The lowest BCUT2D eigenvalue weighted by Gasteiger charge is -2.12. The Morgan fingerprint density at radius 2 is 2.21 bits per heavy atom. The van der Waals surface area contributed by atoms with Crippen LogP contribution in [0.2, 0.25) is 0 Å². The number of hydrogen-bond acceptors (Lipinski definition) is 5. The molecule has 1 aromatic heterocycles. The van der Waals surface area contributed by atoms with Gasteiger partial charge in [0, 0.05) is 5.56 Å². The maximum absolute atomic E-state index is 5.49. The zero-order valence-corrected chi connectivity index (χ0v) is 11.5. The van der Waals surface area contributed by atoms with E-state index < -0.39 is 0 Å². The number of nitrogens with zero attached hydrogens (tertiary/aromatic N) is 3. The fourth-order valence-electron chi connectivity index (χ4n) is 1.90. The van der Waals surface area contributed by atoms with E-state index in [9.17, 15) is 0 Å². The zero-order chi connectivity index (χ0) is 13.7. The molecule has 2 N–H and O–H groups in total. The summed E-state index contributed by atoms with van der Waals surface area (Å²) in [7, 11) is 2.03.